The van der Waals surface area contributed by atoms with Crippen LogP contribution in [0.25, 0.3) is 42.4 Å². The smallest absolute Gasteiger partial charge is 0.0361 e. The molecule has 0 N–H and O–H groups in total. The normalized spacial score (nSPS) is 14.4. The highest BCUT2D eigenvalue weighted by Crippen LogP contribution is 2.50. The van der Waals surface area contributed by atoms with Gasteiger partial charge in [-0.15, -0.1) is 11.3 Å². The van der Waals surface area contributed by atoms with E-state index in [0.717, 1.165) is 0 Å². The van der Waals surface area contributed by atoms with Crippen LogP contribution in [0.5, 0.6) is 0 Å². The molecule has 0 atom stereocenters. The molecule has 1 aliphatic rings. The first kappa shape index (κ1) is 16.1. The Bertz CT molecular complexity index is 1380. The maximum Gasteiger partial charge on any atom is 0.0361 e. The SMILES string of the molecule is CC1(C)c2ccccc2-c2ccc(-c3cccc4sc5ccccc5c34)cc21. The van der Waals surface area contributed by atoms with Gasteiger partial charge < -0.3 is 0 Å². The van der Waals surface area contributed by atoms with Crippen molar-refractivity contribution < 1.29 is 0 Å². The van der Waals surface area contributed by atoms with Crippen LogP contribution in [-0.2, 0) is 5.41 Å². The van der Waals surface area contributed by atoms with Crippen LogP contribution in [0.4, 0.5) is 0 Å². The van der Waals surface area contributed by atoms with Crippen molar-refractivity contribution in [2.45, 2.75) is 19.3 Å². The summed E-state index contributed by atoms with van der Waals surface area (Å²) in [6, 6.07) is 31.4. The first-order valence-corrected chi connectivity index (χ1v) is 10.6. The molecule has 0 saturated heterocycles. The molecule has 4 aromatic carbocycles. The molecule has 28 heavy (non-hydrogen) atoms. The van der Waals surface area contributed by atoms with Crippen LogP contribution in [0.2, 0.25) is 0 Å². The molecule has 0 saturated carbocycles. The van der Waals surface area contributed by atoms with Crippen molar-refractivity contribution in [3.8, 4) is 22.3 Å². The number of benzene rings is 4. The fourth-order valence-corrected chi connectivity index (χ4v) is 6.02. The van der Waals surface area contributed by atoms with Crippen LogP contribution < -0.4 is 0 Å². The number of thiophene rings is 1. The van der Waals surface area contributed by atoms with Gasteiger partial charge in [0.2, 0.25) is 0 Å². The average Bonchev–Trinajstić information content (AvgIpc) is 3.21. The minimum absolute atomic E-state index is 0.0343. The number of rotatable bonds is 1. The summed E-state index contributed by atoms with van der Waals surface area (Å²) in [6.45, 7) is 4.70. The second kappa shape index (κ2) is 5.56. The zero-order valence-electron chi connectivity index (χ0n) is 16.0. The van der Waals surface area contributed by atoms with Gasteiger partial charge in [-0.1, -0.05) is 80.6 Å². The highest BCUT2D eigenvalue weighted by molar-refractivity contribution is 7.25. The van der Waals surface area contributed by atoms with Crippen LogP contribution in [0.15, 0.2) is 84.9 Å². The Balaban J connectivity index is 1.64. The lowest BCUT2D eigenvalue weighted by atomic mass is 9.81. The predicted molar refractivity (Wildman–Crippen MR) is 122 cm³/mol. The zero-order valence-corrected chi connectivity index (χ0v) is 16.8. The lowest BCUT2D eigenvalue weighted by molar-refractivity contribution is 0.660. The zero-order chi connectivity index (χ0) is 18.9. The minimum Gasteiger partial charge on any atom is -0.135 e. The van der Waals surface area contributed by atoms with E-state index in [0.29, 0.717) is 0 Å². The maximum atomic E-state index is 2.43. The largest absolute Gasteiger partial charge is 0.135 e. The summed E-state index contributed by atoms with van der Waals surface area (Å²) < 4.78 is 2.72. The third kappa shape index (κ3) is 2.05. The Morgan fingerprint density at radius 1 is 0.607 bits per heavy atom. The van der Waals surface area contributed by atoms with Crippen LogP contribution in [0, 0.1) is 0 Å². The molecule has 0 aliphatic heterocycles. The van der Waals surface area contributed by atoms with Gasteiger partial charge in [-0.25, -0.2) is 0 Å². The molecule has 1 aromatic heterocycles. The molecule has 1 aliphatic carbocycles. The van der Waals surface area contributed by atoms with Crippen LogP contribution >= 0.6 is 11.3 Å². The summed E-state index contributed by atoms with van der Waals surface area (Å²) in [6.07, 6.45) is 0. The average molecular weight is 377 g/mol. The van der Waals surface area contributed by atoms with Crippen LogP contribution in [0.3, 0.4) is 0 Å². The molecule has 0 nitrogen and oxygen atoms in total. The van der Waals surface area contributed by atoms with E-state index in [9.17, 15) is 0 Å². The molecule has 0 unspecified atom stereocenters. The van der Waals surface area contributed by atoms with E-state index in [1.165, 1.54) is 53.6 Å². The topological polar surface area (TPSA) is 0 Å². The van der Waals surface area contributed by atoms with E-state index in [1.54, 1.807) is 0 Å². The van der Waals surface area contributed by atoms with E-state index in [2.05, 4.69) is 98.8 Å². The van der Waals surface area contributed by atoms with E-state index in [1.807, 2.05) is 11.3 Å². The van der Waals surface area contributed by atoms with Crippen LogP contribution in [0.1, 0.15) is 25.0 Å². The Morgan fingerprint density at radius 2 is 1.32 bits per heavy atom. The Labute approximate surface area is 169 Å². The Kier molecular flexibility index (Phi) is 3.19. The molecule has 0 fully saturated rings. The van der Waals surface area contributed by atoms with Gasteiger partial charge in [0.25, 0.3) is 0 Å². The molecule has 0 spiro atoms. The fourth-order valence-electron chi connectivity index (χ4n) is 4.89. The van der Waals surface area contributed by atoms with Gasteiger partial charge in [0.1, 0.15) is 0 Å². The number of hydrogen-bond acceptors (Lipinski definition) is 1. The monoisotopic (exact) mass is 376 g/mol. The molecular weight excluding hydrogens is 356 g/mol. The minimum atomic E-state index is 0.0343. The maximum absolute atomic E-state index is 2.43. The molecule has 6 rings (SSSR count). The quantitative estimate of drug-likeness (QED) is 0.278. The predicted octanol–water partition coefficient (Wildman–Crippen LogP) is 8.03. The summed E-state index contributed by atoms with van der Waals surface area (Å²) in [5, 5.41) is 2.75. The third-order valence-electron chi connectivity index (χ3n) is 6.30. The summed E-state index contributed by atoms with van der Waals surface area (Å²) >= 11 is 1.89. The van der Waals surface area contributed by atoms with E-state index in [4.69, 9.17) is 0 Å². The van der Waals surface area contributed by atoms with Crippen molar-refractivity contribution in [2.24, 2.45) is 0 Å². The number of hydrogen-bond donors (Lipinski definition) is 0. The van der Waals surface area contributed by atoms with Crippen molar-refractivity contribution in [3.05, 3.63) is 96.1 Å². The standard InChI is InChI=1S/C27H20S/c1-27(2)22-11-5-3-8-19(22)20-15-14-17(16-23(20)27)18-10-7-13-25-26(18)21-9-4-6-12-24(21)28-25/h3-16H,1-2H3. The van der Waals surface area contributed by atoms with Crippen molar-refractivity contribution >= 4 is 31.5 Å². The third-order valence-corrected chi connectivity index (χ3v) is 7.43. The van der Waals surface area contributed by atoms with Crippen molar-refractivity contribution in [1.29, 1.82) is 0 Å². The second-order valence-corrected chi connectivity index (χ2v) is 9.29. The first-order valence-electron chi connectivity index (χ1n) is 9.79. The highest BCUT2D eigenvalue weighted by Gasteiger charge is 2.35. The van der Waals surface area contributed by atoms with Crippen molar-refractivity contribution in [3.63, 3.8) is 0 Å². The van der Waals surface area contributed by atoms with Gasteiger partial charge >= 0.3 is 0 Å². The molecular formula is C27H20S. The Morgan fingerprint density at radius 3 is 2.25 bits per heavy atom. The fraction of sp³-hybridized carbons (Fsp3) is 0.111. The van der Waals surface area contributed by atoms with Crippen LogP contribution in [-0.4, -0.2) is 0 Å². The molecule has 0 radical (unpaired) electrons. The molecule has 1 heterocycles. The first-order chi connectivity index (χ1) is 13.6. The van der Waals surface area contributed by atoms with Gasteiger partial charge in [0.15, 0.2) is 0 Å². The lowest BCUT2D eigenvalue weighted by Crippen LogP contribution is -2.14. The van der Waals surface area contributed by atoms with Gasteiger partial charge in [-0.3, -0.25) is 0 Å². The summed E-state index contributed by atoms with van der Waals surface area (Å²) in [4.78, 5) is 0. The van der Waals surface area contributed by atoms with Gasteiger partial charge in [-0.2, -0.15) is 0 Å². The molecule has 1 heteroatoms. The van der Waals surface area contributed by atoms with Gasteiger partial charge in [0.05, 0.1) is 0 Å². The number of fused-ring (bicyclic) bond motifs is 6. The van der Waals surface area contributed by atoms with Crippen molar-refractivity contribution in [2.75, 3.05) is 0 Å². The van der Waals surface area contributed by atoms with Crippen molar-refractivity contribution in [1.82, 2.24) is 0 Å². The summed E-state index contributed by atoms with van der Waals surface area (Å²) in [5.74, 6) is 0. The van der Waals surface area contributed by atoms with E-state index < -0.39 is 0 Å². The molecule has 0 bridgehead atoms. The summed E-state index contributed by atoms with van der Waals surface area (Å²) in [7, 11) is 0. The second-order valence-electron chi connectivity index (χ2n) is 8.21. The van der Waals surface area contributed by atoms with E-state index in [-0.39, 0.29) is 5.41 Å². The van der Waals surface area contributed by atoms with Gasteiger partial charge in [0, 0.05) is 25.6 Å². The lowest BCUT2D eigenvalue weighted by Gasteiger charge is -2.22. The molecule has 134 valence electrons. The Hall–Kier alpha value is -2.90. The molecule has 5 aromatic rings. The summed E-state index contributed by atoms with van der Waals surface area (Å²) in [5.41, 5.74) is 8.31. The van der Waals surface area contributed by atoms with Gasteiger partial charge in [-0.05, 0) is 51.6 Å². The van der Waals surface area contributed by atoms with E-state index >= 15 is 0 Å². The highest BCUT2D eigenvalue weighted by atomic mass is 32.1. The molecule has 0 amide bonds.